The minimum atomic E-state index is -0.534. The van der Waals surface area contributed by atoms with Crippen LogP contribution in [-0.2, 0) is 11.2 Å². The fourth-order valence-electron chi connectivity index (χ4n) is 4.94. The molecule has 5 rings (SSSR count). The molecule has 11 nitrogen and oxygen atoms in total. The van der Waals surface area contributed by atoms with E-state index in [1.54, 1.807) is 4.57 Å². The lowest BCUT2D eigenvalue weighted by Crippen LogP contribution is -2.37. The molecule has 0 bridgehead atoms. The molecular weight excluding hydrogens is 494 g/mol. The first kappa shape index (κ1) is 26.1. The van der Waals surface area contributed by atoms with Crippen molar-refractivity contribution < 1.29 is 4.74 Å². The third-order valence-corrected chi connectivity index (χ3v) is 6.85. The zero-order valence-corrected chi connectivity index (χ0v) is 21.8. The third-order valence-electron chi connectivity index (χ3n) is 6.85. The SMILES string of the molecule is C[C@H](Nc1nc(N)nc(N)c1C#N)c1nc2cccc(CCCN3CCOCC3)c2c(=O)n1-c1ccccc1. The molecule has 39 heavy (non-hydrogen) atoms. The van der Waals surface area contributed by atoms with Crippen molar-refractivity contribution in [3.63, 3.8) is 0 Å². The number of aromatic nitrogens is 4. The molecule has 0 aliphatic carbocycles. The number of nitriles is 1. The Hall–Kier alpha value is -4.53. The summed E-state index contributed by atoms with van der Waals surface area (Å²) < 4.78 is 7.07. The number of hydrogen-bond acceptors (Lipinski definition) is 10. The second-order valence-electron chi connectivity index (χ2n) is 9.48. The normalized spacial score (nSPS) is 14.7. The molecule has 11 heteroatoms. The number of aryl methyl sites for hydroxylation is 1. The number of rotatable bonds is 8. The molecule has 2 aromatic carbocycles. The highest BCUT2D eigenvalue weighted by Crippen LogP contribution is 2.26. The Bertz CT molecular complexity index is 1570. The molecule has 2 aromatic heterocycles. The van der Waals surface area contributed by atoms with Gasteiger partial charge in [-0.05, 0) is 50.1 Å². The highest BCUT2D eigenvalue weighted by molar-refractivity contribution is 5.82. The van der Waals surface area contributed by atoms with E-state index in [0.29, 0.717) is 22.4 Å². The molecule has 200 valence electrons. The number of para-hydroxylation sites is 1. The highest BCUT2D eigenvalue weighted by atomic mass is 16.5. The van der Waals surface area contributed by atoms with Gasteiger partial charge >= 0.3 is 0 Å². The number of nitrogen functional groups attached to an aromatic ring is 2. The fourth-order valence-corrected chi connectivity index (χ4v) is 4.94. The van der Waals surface area contributed by atoms with Gasteiger partial charge in [0.05, 0.1) is 35.8 Å². The third kappa shape index (κ3) is 5.52. The second-order valence-corrected chi connectivity index (χ2v) is 9.48. The maximum Gasteiger partial charge on any atom is 0.266 e. The van der Waals surface area contributed by atoms with E-state index in [1.807, 2.05) is 61.5 Å². The van der Waals surface area contributed by atoms with E-state index < -0.39 is 6.04 Å². The van der Waals surface area contributed by atoms with E-state index in [4.69, 9.17) is 21.2 Å². The zero-order chi connectivity index (χ0) is 27.4. The summed E-state index contributed by atoms with van der Waals surface area (Å²) in [5, 5.41) is 13.4. The summed E-state index contributed by atoms with van der Waals surface area (Å²) in [5.74, 6) is 0.563. The lowest BCUT2D eigenvalue weighted by Gasteiger charge is -2.26. The van der Waals surface area contributed by atoms with Crippen molar-refractivity contribution >= 4 is 28.5 Å². The number of fused-ring (bicyclic) bond motifs is 1. The van der Waals surface area contributed by atoms with Gasteiger partial charge in [-0.3, -0.25) is 14.3 Å². The van der Waals surface area contributed by atoms with Gasteiger partial charge in [0, 0.05) is 13.1 Å². The van der Waals surface area contributed by atoms with Gasteiger partial charge in [0.2, 0.25) is 5.95 Å². The Labute approximate surface area is 226 Å². The smallest absolute Gasteiger partial charge is 0.266 e. The maximum atomic E-state index is 14.2. The predicted molar refractivity (Wildman–Crippen MR) is 151 cm³/mol. The summed E-state index contributed by atoms with van der Waals surface area (Å²) in [5.41, 5.74) is 13.9. The number of hydrogen-bond donors (Lipinski definition) is 3. The molecule has 0 spiro atoms. The highest BCUT2D eigenvalue weighted by Gasteiger charge is 2.22. The van der Waals surface area contributed by atoms with Crippen LogP contribution in [0.25, 0.3) is 16.6 Å². The maximum absolute atomic E-state index is 14.2. The minimum Gasteiger partial charge on any atom is -0.382 e. The monoisotopic (exact) mass is 525 g/mol. The van der Waals surface area contributed by atoms with Gasteiger partial charge in [0.25, 0.3) is 5.56 Å². The topological polar surface area (TPSA) is 161 Å². The Kier molecular flexibility index (Phi) is 7.67. The van der Waals surface area contributed by atoms with Gasteiger partial charge in [-0.25, -0.2) is 4.98 Å². The molecule has 1 fully saturated rings. The number of benzene rings is 2. The van der Waals surface area contributed by atoms with Gasteiger partial charge in [-0.1, -0.05) is 30.3 Å². The number of nitrogens with zero attached hydrogens (tertiary/aromatic N) is 6. The van der Waals surface area contributed by atoms with Crippen LogP contribution in [0.1, 0.15) is 36.3 Å². The van der Waals surface area contributed by atoms with Gasteiger partial charge in [0.15, 0.2) is 5.82 Å². The summed E-state index contributed by atoms with van der Waals surface area (Å²) in [6, 6.07) is 16.7. The van der Waals surface area contributed by atoms with Crippen LogP contribution in [0.5, 0.6) is 0 Å². The summed E-state index contributed by atoms with van der Waals surface area (Å²) in [6.45, 7) is 6.19. The molecule has 0 amide bonds. The van der Waals surface area contributed by atoms with Crippen molar-refractivity contribution in [2.75, 3.05) is 49.6 Å². The van der Waals surface area contributed by atoms with Crippen LogP contribution in [-0.4, -0.2) is 57.3 Å². The Morgan fingerprint density at radius 3 is 2.59 bits per heavy atom. The van der Waals surface area contributed by atoms with E-state index in [1.165, 1.54) is 0 Å². The predicted octanol–water partition coefficient (Wildman–Crippen LogP) is 2.65. The molecule has 1 atom stereocenters. The lowest BCUT2D eigenvalue weighted by molar-refractivity contribution is 0.0375. The number of nitrogens with two attached hydrogens (primary N) is 2. The molecule has 1 aliphatic heterocycles. The molecule has 1 saturated heterocycles. The molecule has 4 aromatic rings. The van der Waals surface area contributed by atoms with Crippen LogP contribution < -0.4 is 22.3 Å². The van der Waals surface area contributed by atoms with E-state index in [9.17, 15) is 10.1 Å². The Balaban J connectivity index is 1.56. The van der Waals surface area contributed by atoms with Crippen LogP contribution in [0, 0.1) is 11.3 Å². The van der Waals surface area contributed by atoms with Gasteiger partial charge in [-0.2, -0.15) is 15.2 Å². The standard InChI is InChI=1S/C28H31N9O2/c1-18(32-25-21(17-29)24(30)34-28(31)35-25)26-33-22-11-5-7-19(8-6-12-36-13-15-39-16-14-36)23(22)27(38)37(26)20-9-3-2-4-10-20/h2-5,7,9-11,18H,6,8,12-16H2,1H3,(H5,30,31,32,34,35)/t18-/m0/s1. The molecule has 0 saturated carbocycles. The number of ether oxygens (including phenoxy) is 1. The van der Waals surface area contributed by atoms with Crippen molar-refractivity contribution in [2.24, 2.45) is 0 Å². The second kappa shape index (κ2) is 11.5. The Morgan fingerprint density at radius 2 is 1.85 bits per heavy atom. The van der Waals surface area contributed by atoms with Gasteiger partial charge in [0.1, 0.15) is 23.3 Å². The van der Waals surface area contributed by atoms with Crippen LogP contribution >= 0.6 is 0 Å². The van der Waals surface area contributed by atoms with Crippen molar-refractivity contribution in [3.05, 3.63) is 75.8 Å². The summed E-state index contributed by atoms with van der Waals surface area (Å²) in [7, 11) is 0. The van der Waals surface area contributed by atoms with Crippen molar-refractivity contribution in [1.82, 2.24) is 24.4 Å². The van der Waals surface area contributed by atoms with Crippen LogP contribution in [0.15, 0.2) is 53.3 Å². The first-order valence-electron chi connectivity index (χ1n) is 13.0. The molecule has 1 aliphatic rings. The summed E-state index contributed by atoms with van der Waals surface area (Å²) in [4.78, 5) is 29.6. The number of anilines is 3. The first-order valence-corrected chi connectivity index (χ1v) is 13.0. The first-order chi connectivity index (χ1) is 19.0. The van der Waals surface area contributed by atoms with Crippen molar-refractivity contribution in [3.8, 4) is 11.8 Å². The van der Waals surface area contributed by atoms with Crippen molar-refractivity contribution in [2.45, 2.75) is 25.8 Å². The van der Waals surface area contributed by atoms with E-state index in [2.05, 4.69) is 20.2 Å². The number of nitrogens with one attached hydrogen (secondary N) is 1. The zero-order valence-electron chi connectivity index (χ0n) is 21.8. The minimum absolute atomic E-state index is 0.0201. The molecule has 5 N–H and O–H groups in total. The van der Waals surface area contributed by atoms with E-state index in [0.717, 1.165) is 51.3 Å². The average molecular weight is 526 g/mol. The molecule has 0 unspecified atom stereocenters. The molecular formula is C28H31N9O2. The lowest BCUT2D eigenvalue weighted by atomic mass is 10.0. The largest absolute Gasteiger partial charge is 0.382 e. The average Bonchev–Trinajstić information content (AvgIpc) is 2.94. The molecule has 0 radical (unpaired) electrons. The molecule has 3 heterocycles. The van der Waals surface area contributed by atoms with Crippen LogP contribution in [0.3, 0.4) is 0 Å². The Morgan fingerprint density at radius 1 is 1.08 bits per heavy atom. The van der Waals surface area contributed by atoms with Gasteiger partial charge in [-0.15, -0.1) is 0 Å². The van der Waals surface area contributed by atoms with Gasteiger partial charge < -0.3 is 21.5 Å². The summed E-state index contributed by atoms with van der Waals surface area (Å²) >= 11 is 0. The van der Waals surface area contributed by atoms with Crippen LogP contribution in [0.2, 0.25) is 0 Å². The summed E-state index contributed by atoms with van der Waals surface area (Å²) in [6.07, 6.45) is 1.69. The van der Waals surface area contributed by atoms with Crippen LogP contribution in [0.4, 0.5) is 17.6 Å². The number of morpholine rings is 1. The van der Waals surface area contributed by atoms with Crippen molar-refractivity contribution in [1.29, 1.82) is 5.26 Å². The van der Waals surface area contributed by atoms with E-state index in [-0.39, 0.29) is 28.7 Å². The quantitative estimate of drug-likeness (QED) is 0.312. The van der Waals surface area contributed by atoms with E-state index >= 15 is 0 Å². The fraction of sp³-hybridized carbons (Fsp3) is 0.321.